The van der Waals surface area contributed by atoms with Gasteiger partial charge in [0.1, 0.15) is 6.04 Å². The number of carbonyl (C=O) groups excluding carboxylic acids is 2. The summed E-state index contributed by atoms with van der Waals surface area (Å²) < 4.78 is 0. The van der Waals surface area contributed by atoms with Crippen LogP contribution in [0.5, 0.6) is 0 Å². The van der Waals surface area contributed by atoms with Crippen molar-refractivity contribution in [1.82, 2.24) is 10.7 Å². The van der Waals surface area contributed by atoms with E-state index in [1.165, 1.54) is 0 Å². The highest BCUT2D eigenvalue weighted by Gasteiger charge is 2.22. The lowest BCUT2D eigenvalue weighted by Crippen LogP contribution is -2.46. The number of carbonyl (C=O) groups is 2. The second-order valence-electron chi connectivity index (χ2n) is 7.66. The lowest BCUT2D eigenvalue weighted by Gasteiger charge is -2.20. The van der Waals surface area contributed by atoms with Gasteiger partial charge in [0.15, 0.2) is 0 Å². The Morgan fingerprint density at radius 2 is 1.65 bits per heavy atom. The summed E-state index contributed by atoms with van der Waals surface area (Å²) in [6.07, 6.45) is 2.09. The van der Waals surface area contributed by atoms with Gasteiger partial charge in [-0.15, -0.1) is 0 Å². The first-order valence-corrected chi connectivity index (χ1v) is 11.0. The van der Waals surface area contributed by atoms with Crippen molar-refractivity contribution in [2.24, 2.45) is 11.0 Å². The van der Waals surface area contributed by atoms with E-state index in [4.69, 9.17) is 11.6 Å². The summed E-state index contributed by atoms with van der Waals surface area (Å²) >= 11 is 5.87. The van der Waals surface area contributed by atoms with Crippen molar-refractivity contribution in [3.8, 4) is 0 Å². The van der Waals surface area contributed by atoms with Gasteiger partial charge in [-0.25, -0.2) is 5.43 Å². The second kappa shape index (κ2) is 12.1. The Bertz CT molecular complexity index is 875. The topological polar surface area (TPSA) is 73.8 Å². The summed E-state index contributed by atoms with van der Waals surface area (Å²) in [4.78, 5) is 27.4. The SMILES string of the molecule is CCN(CC)c1ccc(C=NNC(=O)C(CC(C)C)NC(=O)c2ccc(Cl)cc2)cc1. The van der Waals surface area contributed by atoms with Crippen molar-refractivity contribution in [1.29, 1.82) is 0 Å². The molecule has 0 fully saturated rings. The van der Waals surface area contributed by atoms with Crippen molar-refractivity contribution in [3.05, 3.63) is 64.7 Å². The number of anilines is 1. The monoisotopic (exact) mass is 442 g/mol. The average Bonchev–Trinajstić information content (AvgIpc) is 2.75. The maximum Gasteiger partial charge on any atom is 0.262 e. The molecule has 0 spiro atoms. The van der Waals surface area contributed by atoms with Gasteiger partial charge in [-0.1, -0.05) is 37.6 Å². The molecule has 0 bridgehead atoms. The molecule has 0 saturated carbocycles. The molecule has 0 saturated heterocycles. The summed E-state index contributed by atoms with van der Waals surface area (Å²) in [7, 11) is 0. The fraction of sp³-hybridized carbons (Fsp3) is 0.375. The minimum absolute atomic E-state index is 0.220. The Labute approximate surface area is 189 Å². The molecule has 0 radical (unpaired) electrons. The third-order valence-electron chi connectivity index (χ3n) is 4.85. The van der Waals surface area contributed by atoms with E-state index >= 15 is 0 Å². The molecule has 2 aromatic rings. The maximum absolute atomic E-state index is 12.6. The van der Waals surface area contributed by atoms with Crippen LogP contribution in [0.2, 0.25) is 5.02 Å². The van der Waals surface area contributed by atoms with Gasteiger partial charge in [-0.3, -0.25) is 9.59 Å². The summed E-state index contributed by atoms with van der Waals surface area (Å²) in [5, 5.41) is 7.41. The van der Waals surface area contributed by atoms with Gasteiger partial charge in [-0.05, 0) is 68.1 Å². The van der Waals surface area contributed by atoms with E-state index < -0.39 is 6.04 Å². The molecule has 2 N–H and O–H groups in total. The second-order valence-corrected chi connectivity index (χ2v) is 8.10. The minimum Gasteiger partial charge on any atom is -0.372 e. The predicted octanol–water partition coefficient (Wildman–Crippen LogP) is 4.48. The quantitative estimate of drug-likeness (QED) is 0.420. The first kappa shape index (κ1) is 24.4. The van der Waals surface area contributed by atoms with Crippen molar-refractivity contribution in [2.45, 2.75) is 40.2 Å². The van der Waals surface area contributed by atoms with E-state index in [0.717, 1.165) is 24.3 Å². The maximum atomic E-state index is 12.6. The molecule has 1 unspecified atom stereocenters. The Balaban J connectivity index is 1.99. The van der Waals surface area contributed by atoms with Crippen LogP contribution >= 0.6 is 11.6 Å². The van der Waals surface area contributed by atoms with Crippen LogP contribution in [-0.2, 0) is 4.79 Å². The number of benzene rings is 2. The van der Waals surface area contributed by atoms with Crippen LogP contribution in [-0.4, -0.2) is 37.2 Å². The summed E-state index contributed by atoms with van der Waals surface area (Å²) in [6.45, 7) is 10.1. The standard InChI is InChI=1S/C24H31ClN4O2/c1-5-29(6-2)21-13-7-18(8-14-21)16-26-28-24(31)22(15-17(3)4)27-23(30)19-9-11-20(25)12-10-19/h7-14,16-17,22H,5-6,15H2,1-4H3,(H,27,30)(H,28,31). The molecule has 0 aliphatic carbocycles. The molecule has 166 valence electrons. The van der Waals surface area contributed by atoms with Crippen LogP contribution in [0.1, 0.15) is 50.0 Å². The molecule has 2 rings (SSSR count). The number of halogens is 1. The molecule has 0 aromatic heterocycles. The molecule has 0 aliphatic heterocycles. The molecular weight excluding hydrogens is 412 g/mol. The largest absolute Gasteiger partial charge is 0.372 e. The van der Waals surface area contributed by atoms with Crippen LogP contribution in [0.4, 0.5) is 5.69 Å². The van der Waals surface area contributed by atoms with Crippen molar-refractivity contribution >= 4 is 35.3 Å². The zero-order valence-electron chi connectivity index (χ0n) is 18.6. The lowest BCUT2D eigenvalue weighted by molar-refractivity contribution is -0.123. The van der Waals surface area contributed by atoms with Gasteiger partial charge in [0.25, 0.3) is 11.8 Å². The fourth-order valence-corrected chi connectivity index (χ4v) is 3.28. The zero-order valence-corrected chi connectivity index (χ0v) is 19.3. The van der Waals surface area contributed by atoms with Crippen LogP contribution in [0.15, 0.2) is 53.6 Å². The van der Waals surface area contributed by atoms with Gasteiger partial charge in [0.2, 0.25) is 0 Å². The number of nitrogens with zero attached hydrogens (tertiary/aromatic N) is 2. The molecular formula is C24H31ClN4O2. The number of nitrogens with one attached hydrogen (secondary N) is 2. The summed E-state index contributed by atoms with van der Waals surface area (Å²) in [6, 6.07) is 13.8. The lowest BCUT2D eigenvalue weighted by atomic mass is 10.0. The molecule has 1 atom stereocenters. The number of hydrazone groups is 1. The molecule has 7 heteroatoms. The predicted molar refractivity (Wildman–Crippen MR) is 128 cm³/mol. The van der Waals surface area contributed by atoms with Gasteiger partial charge in [0.05, 0.1) is 6.21 Å². The van der Waals surface area contributed by atoms with Gasteiger partial charge in [-0.2, -0.15) is 5.10 Å². The summed E-state index contributed by atoms with van der Waals surface area (Å²) in [5.41, 5.74) is 5.02. The van der Waals surface area contributed by atoms with E-state index in [0.29, 0.717) is 17.0 Å². The zero-order chi connectivity index (χ0) is 22.8. The highest BCUT2D eigenvalue weighted by Crippen LogP contribution is 2.14. The van der Waals surface area contributed by atoms with E-state index in [9.17, 15) is 9.59 Å². The van der Waals surface area contributed by atoms with Crippen LogP contribution in [0, 0.1) is 5.92 Å². The number of amides is 2. The third-order valence-corrected chi connectivity index (χ3v) is 5.10. The van der Waals surface area contributed by atoms with E-state index in [2.05, 4.69) is 34.6 Å². The van der Waals surface area contributed by atoms with Crippen molar-refractivity contribution in [3.63, 3.8) is 0 Å². The van der Waals surface area contributed by atoms with Gasteiger partial charge < -0.3 is 10.2 Å². The third kappa shape index (κ3) is 7.72. The Morgan fingerprint density at radius 1 is 1.03 bits per heavy atom. The van der Waals surface area contributed by atoms with Gasteiger partial charge in [0, 0.05) is 29.4 Å². The normalized spacial score (nSPS) is 12.1. The molecule has 31 heavy (non-hydrogen) atoms. The Kier molecular flexibility index (Phi) is 9.53. The Morgan fingerprint density at radius 3 is 2.19 bits per heavy atom. The minimum atomic E-state index is -0.689. The van der Waals surface area contributed by atoms with E-state index in [1.807, 2.05) is 38.1 Å². The molecule has 0 aliphatic rings. The first-order chi connectivity index (χ1) is 14.8. The number of hydrogen-bond donors (Lipinski definition) is 2. The molecule has 6 nitrogen and oxygen atoms in total. The number of rotatable bonds is 10. The molecule has 2 aromatic carbocycles. The number of hydrogen-bond acceptors (Lipinski definition) is 4. The fourth-order valence-electron chi connectivity index (χ4n) is 3.15. The average molecular weight is 443 g/mol. The van der Waals surface area contributed by atoms with E-state index in [1.54, 1.807) is 30.5 Å². The van der Waals surface area contributed by atoms with Crippen LogP contribution < -0.4 is 15.6 Å². The van der Waals surface area contributed by atoms with E-state index in [-0.39, 0.29) is 17.7 Å². The van der Waals surface area contributed by atoms with Crippen molar-refractivity contribution in [2.75, 3.05) is 18.0 Å². The first-order valence-electron chi connectivity index (χ1n) is 10.6. The highest BCUT2D eigenvalue weighted by atomic mass is 35.5. The highest BCUT2D eigenvalue weighted by molar-refractivity contribution is 6.30. The molecule has 0 heterocycles. The molecule has 2 amide bonds. The summed E-state index contributed by atoms with van der Waals surface area (Å²) in [5.74, 6) is -0.460. The Hall–Kier alpha value is -2.86. The van der Waals surface area contributed by atoms with Crippen LogP contribution in [0.25, 0.3) is 0 Å². The van der Waals surface area contributed by atoms with Crippen molar-refractivity contribution < 1.29 is 9.59 Å². The van der Waals surface area contributed by atoms with Crippen LogP contribution in [0.3, 0.4) is 0 Å². The smallest absolute Gasteiger partial charge is 0.262 e. The van der Waals surface area contributed by atoms with Gasteiger partial charge >= 0.3 is 0 Å².